The van der Waals surface area contributed by atoms with Crippen molar-refractivity contribution in [3.05, 3.63) is 33.8 Å². The monoisotopic (exact) mass is 289 g/mol. The van der Waals surface area contributed by atoms with E-state index in [9.17, 15) is 0 Å². The molecule has 0 amide bonds. The van der Waals surface area contributed by atoms with E-state index in [2.05, 4.69) is 11.6 Å². The van der Waals surface area contributed by atoms with E-state index in [1.807, 2.05) is 23.9 Å². The van der Waals surface area contributed by atoms with E-state index in [0.29, 0.717) is 16.1 Å². The third kappa shape index (κ3) is 3.78. The zero-order valence-electron chi connectivity index (χ0n) is 9.88. The van der Waals surface area contributed by atoms with Gasteiger partial charge >= 0.3 is 0 Å². The van der Waals surface area contributed by atoms with Crippen molar-refractivity contribution >= 4 is 35.0 Å². The Kier molecular flexibility index (Phi) is 5.04. The minimum atomic E-state index is 0.628. The average Bonchev–Trinajstić information content (AvgIpc) is 2.72. The lowest BCUT2D eigenvalue weighted by molar-refractivity contribution is 0.532. The summed E-state index contributed by atoms with van der Waals surface area (Å²) in [5.74, 6) is 0. The summed E-state index contributed by atoms with van der Waals surface area (Å²) in [6, 6.07) is 6.35. The molecule has 1 aromatic carbocycles. The standard InChI is InChI=1S/C13H17Cl2NS/c1-17-13-4-2-3-12(13)16-8-9-5-10(14)7-11(15)6-9/h5-7,12-13,16H,2-4,8H2,1H3. The first-order valence-corrected chi connectivity index (χ1v) is 7.94. The summed E-state index contributed by atoms with van der Waals surface area (Å²) in [5, 5.41) is 5.79. The Bertz CT molecular complexity index is 363. The highest BCUT2D eigenvalue weighted by Crippen LogP contribution is 2.28. The molecule has 0 heterocycles. The third-order valence-electron chi connectivity index (χ3n) is 3.25. The van der Waals surface area contributed by atoms with Crippen LogP contribution in [-0.2, 0) is 6.54 Å². The molecule has 0 aromatic heterocycles. The Balaban J connectivity index is 1.93. The fourth-order valence-corrected chi connectivity index (χ4v) is 3.94. The van der Waals surface area contributed by atoms with Gasteiger partial charge in [0.2, 0.25) is 0 Å². The van der Waals surface area contributed by atoms with Crippen LogP contribution in [-0.4, -0.2) is 17.5 Å². The average molecular weight is 290 g/mol. The van der Waals surface area contributed by atoms with Crippen molar-refractivity contribution in [1.29, 1.82) is 0 Å². The maximum absolute atomic E-state index is 5.99. The topological polar surface area (TPSA) is 12.0 Å². The predicted molar refractivity (Wildman–Crippen MR) is 78.2 cm³/mol. The van der Waals surface area contributed by atoms with Crippen LogP contribution >= 0.6 is 35.0 Å². The number of nitrogens with one attached hydrogen (secondary N) is 1. The fourth-order valence-electron chi connectivity index (χ4n) is 2.40. The number of rotatable bonds is 4. The first-order chi connectivity index (χ1) is 8.19. The van der Waals surface area contributed by atoms with Gasteiger partial charge in [0.1, 0.15) is 0 Å². The van der Waals surface area contributed by atoms with Crippen LogP contribution < -0.4 is 5.32 Å². The molecule has 1 aromatic rings. The number of hydrogen-bond acceptors (Lipinski definition) is 2. The largest absolute Gasteiger partial charge is 0.309 e. The van der Waals surface area contributed by atoms with E-state index in [1.165, 1.54) is 19.3 Å². The predicted octanol–water partition coefficient (Wildman–Crippen LogP) is 4.37. The summed E-state index contributed by atoms with van der Waals surface area (Å²) in [4.78, 5) is 0. The van der Waals surface area contributed by atoms with E-state index in [1.54, 1.807) is 6.07 Å². The first kappa shape index (κ1) is 13.5. The molecule has 1 nitrogen and oxygen atoms in total. The van der Waals surface area contributed by atoms with Gasteiger partial charge in [0.05, 0.1) is 0 Å². The van der Waals surface area contributed by atoms with Crippen LogP contribution in [0, 0.1) is 0 Å². The van der Waals surface area contributed by atoms with Crippen molar-refractivity contribution in [3.63, 3.8) is 0 Å². The van der Waals surface area contributed by atoms with Gasteiger partial charge in [0.15, 0.2) is 0 Å². The van der Waals surface area contributed by atoms with Crippen molar-refractivity contribution in [2.75, 3.05) is 6.26 Å². The smallest absolute Gasteiger partial charge is 0.0424 e. The summed E-state index contributed by atoms with van der Waals surface area (Å²) in [6.45, 7) is 0.849. The van der Waals surface area contributed by atoms with Crippen LogP contribution in [0.15, 0.2) is 18.2 Å². The SMILES string of the molecule is CSC1CCCC1NCc1cc(Cl)cc(Cl)c1. The molecule has 1 aliphatic carbocycles. The third-order valence-corrected chi connectivity index (χ3v) is 4.85. The highest BCUT2D eigenvalue weighted by molar-refractivity contribution is 7.99. The molecule has 0 aliphatic heterocycles. The van der Waals surface area contributed by atoms with Crippen LogP contribution in [0.25, 0.3) is 0 Å². The molecule has 2 unspecified atom stereocenters. The molecule has 0 radical (unpaired) electrons. The van der Waals surface area contributed by atoms with E-state index in [-0.39, 0.29) is 0 Å². The Morgan fingerprint density at radius 2 is 1.94 bits per heavy atom. The molecule has 1 N–H and O–H groups in total. The van der Waals surface area contributed by atoms with Crippen molar-refractivity contribution in [3.8, 4) is 0 Å². The van der Waals surface area contributed by atoms with Gasteiger partial charge in [-0.1, -0.05) is 29.6 Å². The molecule has 17 heavy (non-hydrogen) atoms. The van der Waals surface area contributed by atoms with E-state index < -0.39 is 0 Å². The number of hydrogen-bond donors (Lipinski definition) is 1. The van der Waals surface area contributed by atoms with E-state index in [4.69, 9.17) is 23.2 Å². The molecule has 2 rings (SSSR count). The van der Waals surface area contributed by atoms with E-state index >= 15 is 0 Å². The lowest BCUT2D eigenvalue weighted by Gasteiger charge is -2.19. The zero-order chi connectivity index (χ0) is 12.3. The van der Waals surface area contributed by atoms with Crippen LogP contribution in [0.3, 0.4) is 0 Å². The quantitative estimate of drug-likeness (QED) is 0.884. The van der Waals surface area contributed by atoms with Crippen molar-refractivity contribution in [2.45, 2.75) is 37.1 Å². The molecule has 0 saturated heterocycles. The molecular weight excluding hydrogens is 273 g/mol. The summed E-state index contributed by atoms with van der Waals surface area (Å²) in [7, 11) is 0. The zero-order valence-corrected chi connectivity index (χ0v) is 12.2. The normalized spacial score (nSPS) is 24.2. The maximum Gasteiger partial charge on any atom is 0.0424 e. The molecule has 1 saturated carbocycles. The van der Waals surface area contributed by atoms with Gasteiger partial charge in [-0.15, -0.1) is 0 Å². The van der Waals surface area contributed by atoms with Crippen molar-refractivity contribution in [2.24, 2.45) is 0 Å². The lowest BCUT2D eigenvalue weighted by Crippen LogP contribution is -2.33. The number of benzene rings is 1. The second-order valence-electron chi connectivity index (χ2n) is 4.47. The van der Waals surface area contributed by atoms with Crippen LogP contribution in [0.2, 0.25) is 10.0 Å². The summed E-state index contributed by atoms with van der Waals surface area (Å²) >= 11 is 13.9. The summed E-state index contributed by atoms with van der Waals surface area (Å²) in [5.41, 5.74) is 1.16. The molecular formula is C13H17Cl2NS. The molecule has 1 fully saturated rings. The highest BCUT2D eigenvalue weighted by Gasteiger charge is 2.25. The molecule has 4 heteroatoms. The number of thioether (sulfide) groups is 1. The maximum atomic E-state index is 5.99. The molecule has 0 spiro atoms. The lowest BCUT2D eigenvalue weighted by atomic mass is 10.2. The van der Waals surface area contributed by atoms with Gasteiger partial charge in [0, 0.05) is 27.9 Å². The van der Waals surface area contributed by atoms with Gasteiger partial charge in [-0.3, -0.25) is 0 Å². The Hall–Kier alpha value is 0.110. The Morgan fingerprint density at radius 3 is 2.59 bits per heavy atom. The Morgan fingerprint density at radius 1 is 1.24 bits per heavy atom. The van der Waals surface area contributed by atoms with Crippen LogP contribution in [0.1, 0.15) is 24.8 Å². The van der Waals surface area contributed by atoms with Gasteiger partial charge in [0.25, 0.3) is 0 Å². The molecule has 2 atom stereocenters. The highest BCUT2D eigenvalue weighted by atomic mass is 35.5. The van der Waals surface area contributed by atoms with E-state index in [0.717, 1.165) is 17.4 Å². The van der Waals surface area contributed by atoms with Gasteiger partial charge in [-0.25, -0.2) is 0 Å². The molecule has 1 aliphatic rings. The van der Waals surface area contributed by atoms with Crippen molar-refractivity contribution in [1.82, 2.24) is 5.32 Å². The number of halogens is 2. The van der Waals surface area contributed by atoms with Gasteiger partial charge in [-0.05, 0) is 42.9 Å². The molecule has 94 valence electrons. The second kappa shape index (κ2) is 6.33. The fraction of sp³-hybridized carbons (Fsp3) is 0.538. The molecule has 0 bridgehead atoms. The first-order valence-electron chi connectivity index (χ1n) is 5.90. The van der Waals surface area contributed by atoms with Crippen LogP contribution in [0.5, 0.6) is 0 Å². The second-order valence-corrected chi connectivity index (χ2v) is 6.42. The summed E-state index contributed by atoms with van der Waals surface area (Å²) < 4.78 is 0. The van der Waals surface area contributed by atoms with Gasteiger partial charge in [-0.2, -0.15) is 11.8 Å². The van der Waals surface area contributed by atoms with Crippen LogP contribution in [0.4, 0.5) is 0 Å². The Labute approximate surface area is 117 Å². The van der Waals surface area contributed by atoms with Crippen molar-refractivity contribution < 1.29 is 0 Å². The summed E-state index contributed by atoms with van der Waals surface area (Å²) in [6.07, 6.45) is 6.13. The minimum absolute atomic E-state index is 0.628. The minimum Gasteiger partial charge on any atom is -0.309 e. The van der Waals surface area contributed by atoms with Gasteiger partial charge < -0.3 is 5.32 Å².